The number of allylic oxidation sites excluding steroid dienone is 2. The summed E-state index contributed by atoms with van der Waals surface area (Å²) in [4.78, 5) is 26.0. The van der Waals surface area contributed by atoms with Gasteiger partial charge in [0.15, 0.2) is 11.2 Å². The summed E-state index contributed by atoms with van der Waals surface area (Å²) in [5.74, 6) is -1.54. The molecule has 0 radical (unpaired) electrons. The summed E-state index contributed by atoms with van der Waals surface area (Å²) in [6.45, 7) is 7.16. The largest absolute Gasteiger partial charge is 0.381 e. The highest BCUT2D eigenvalue weighted by Gasteiger charge is 2.17. The molecule has 2 aromatic heterocycles. The fourth-order valence-electron chi connectivity index (χ4n) is 4.57. The van der Waals surface area contributed by atoms with Crippen LogP contribution in [0, 0.1) is 38.2 Å². The highest BCUT2D eigenvalue weighted by Crippen LogP contribution is 2.31. The van der Waals surface area contributed by atoms with Gasteiger partial charge in [0.05, 0.1) is 22.5 Å². The Balaban J connectivity index is 0.000000227. The zero-order valence-corrected chi connectivity index (χ0v) is 26.0. The lowest BCUT2D eigenvalue weighted by atomic mass is 10.0. The van der Waals surface area contributed by atoms with Crippen LogP contribution in [0.3, 0.4) is 0 Å². The maximum Gasteiger partial charge on any atom is 0.190 e. The minimum absolute atomic E-state index is 0.0874. The highest BCUT2D eigenvalue weighted by atomic mass is 79.9. The Morgan fingerprint density at radius 3 is 2.28 bits per heavy atom. The SMILES string of the molecule is C/C(=C\C(=O)c1ccc(Br)cc1F)N(C)C.Cc1noc(C)c1-c1ccc2c(=O)cc(C)n(-c3ccc(F)cc3F)c2c1. The molecule has 10 heteroatoms. The molecule has 0 N–H and O–H groups in total. The molecule has 0 saturated carbocycles. The number of carbonyl (C=O) groups is 1. The number of halogens is 4. The first-order chi connectivity index (χ1) is 20.3. The lowest BCUT2D eigenvalue weighted by Gasteiger charge is -2.16. The van der Waals surface area contributed by atoms with Gasteiger partial charge in [-0.05, 0) is 75.7 Å². The van der Waals surface area contributed by atoms with Crippen molar-refractivity contribution in [2.24, 2.45) is 0 Å². The van der Waals surface area contributed by atoms with E-state index in [1.54, 1.807) is 41.5 Å². The van der Waals surface area contributed by atoms with Crippen LogP contribution in [-0.2, 0) is 0 Å². The number of fused-ring (bicyclic) bond motifs is 1. The average Bonchev–Trinajstić information content (AvgIpc) is 3.27. The fourth-order valence-corrected chi connectivity index (χ4v) is 4.90. The minimum atomic E-state index is -0.703. The van der Waals surface area contributed by atoms with Crippen molar-refractivity contribution in [2.45, 2.75) is 27.7 Å². The van der Waals surface area contributed by atoms with E-state index >= 15 is 0 Å². The van der Waals surface area contributed by atoms with Crippen LogP contribution in [0.15, 0.2) is 86.2 Å². The van der Waals surface area contributed by atoms with E-state index in [1.807, 2.05) is 34.0 Å². The Morgan fingerprint density at radius 2 is 1.67 bits per heavy atom. The minimum Gasteiger partial charge on any atom is -0.381 e. The van der Waals surface area contributed by atoms with Crippen LogP contribution in [0.25, 0.3) is 27.7 Å². The third kappa shape index (κ3) is 6.80. The van der Waals surface area contributed by atoms with Gasteiger partial charge >= 0.3 is 0 Å². The van der Waals surface area contributed by atoms with E-state index in [4.69, 9.17) is 4.52 Å². The van der Waals surface area contributed by atoms with Crippen LogP contribution in [-0.4, -0.2) is 34.5 Å². The van der Waals surface area contributed by atoms with E-state index in [-0.39, 0.29) is 22.5 Å². The predicted molar refractivity (Wildman–Crippen MR) is 165 cm³/mol. The van der Waals surface area contributed by atoms with Gasteiger partial charge in [-0.2, -0.15) is 0 Å². The third-order valence-corrected chi connectivity index (χ3v) is 7.40. The maximum absolute atomic E-state index is 14.5. The number of rotatable bonds is 5. The number of pyridine rings is 1. The molecule has 43 heavy (non-hydrogen) atoms. The van der Waals surface area contributed by atoms with Crippen molar-refractivity contribution in [1.29, 1.82) is 0 Å². The Morgan fingerprint density at radius 1 is 0.953 bits per heavy atom. The summed E-state index contributed by atoms with van der Waals surface area (Å²) in [5.41, 5.74) is 4.33. The van der Waals surface area contributed by atoms with Gasteiger partial charge in [-0.15, -0.1) is 0 Å². The number of hydrogen-bond acceptors (Lipinski definition) is 5. The second kappa shape index (κ2) is 12.8. The molecule has 5 aromatic rings. The molecule has 2 heterocycles. The maximum atomic E-state index is 14.5. The molecular formula is C33H29BrF3N3O3. The third-order valence-electron chi connectivity index (χ3n) is 6.91. The van der Waals surface area contributed by atoms with Crippen molar-refractivity contribution in [3.05, 3.63) is 127 Å². The van der Waals surface area contributed by atoms with Crippen LogP contribution in [0.2, 0.25) is 0 Å². The van der Waals surface area contributed by atoms with Gasteiger partial charge in [-0.1, -0.05) is 27.2 Å². The molecule has 222 valence electrons. The molecular weight excluding hydrogens is 623 g/mol. The Labute approximate surface area is 255 Å². The van der Waals surface area contributed by atoms with Gasteiger partial charge in [-0.25, -0.2) is 13.2 Å². The average molecular weight is 653 g/mol. The second-order valence-electron chi connectivity index (χ2n) is 10.2. The zero-order valence-electron chi connectivity index (χ0n) is 24.4. The first-order valence-electron chi connectivity index (χ1n) is 13.2. The molecule has 0 saturated heterocycles. The molecule has 6 nitrogen and oxygen atoms in total. The van der Waals surface area contributed by atoms with Crippen molar-refractivity contribution in [1.82, 2.24) is 14.6 Å². The molecule has 5 rings (SSSR count). The van der Waals surface area contributed by atoms with Gasteiger partial charge in [0.25, 0.3) is 0 Å². The standard InChI is InChI=1S/C21H16F2N2O2.C12H13BrFNO/c1-11-8-20(26)16-6-4-14(21-12(2)24-27-13(21)3)9-19(16)25(11)18-7-5-15(22)10-17(18)23;1-8(15(2)3)6-12(16)10-5-4-9(13)7-11(10)14/h4-10H,1-3H3;4-7H,1-3H3/b;8-6+. The van der Waals surface area contributed by atoms with E-state index in [0.29, 0.717) is 26.8 Å². The molecule has 0 aliphatic carbocycles. The smallest absolute Gasteiger partial charge is 0.190 e. The molecule has 3 aromatic carbocycles. The van der Waals surface area contributed by atoms with E-state index in [0.717, 1.165) is 28.6 Å². The van der Waals surface area contributed by atoms with Crippen LogP contribution in [0.4, 0.5) is 13.2 Å². The molecule has 0 bridgehead atoms. The molecule has 0 aliphatic heterocycles. The van der Waals surface area contributed by atoms with Gasteiger partial charge in [-0.3, -0.25) is 9.59 Å². The number of aromatic nitrogens is 2. The highest BCUT2D eigenvalue weighted by molar-refractivity contribution is 9.10. The number of aryl methyl sites for hydroxylation is 3. The summed E-state index contributed by atoms with van der Waals surface area (Å²) in [7, 11) is 3.66. The number of ketones is 1. The second-order valence-corrected chi connectivity index (χ2v) is 11.1. The normalized spacial score (nSPS) is 11.3. The molecule has 0 unspecified atom stereocenters. The molecule has 0 fully saturated rings. The predicted octanol–water partition coefficient (Wildman–Crippen LogP) is 8.09. The van der Waals surface area contributed by atoms with Crippen molar-refractivity contribution in [2.75, 3.05) is 14.1 Å². The molecule has 0 atom stereocenters. The first-order valence-corrected chi connectivity index (χ1v) is 14.0. The van der Waals surface area contributed by atoms with Gasteiger partial charge in [0.1, 0.15) is 23.2 Å². The summed E-state index contributed by atoms with van der Waals surface area (Å²) in [6, 6.07) is 14.6. The Kier molecular flexibility index (Phi) is 9.40. The first kappa shape index (κ1) is 31.5. The number of benzene rings is 3. The van der Waals surface area contributed by atoms with Gasteiger partial charge < -0.3 is 14.0 Å². The lowest BCUT2D eigenvalue weighted by molar-refractivity contribution is 0.104. The topological polar surface area (TPSA) is 68.3 Å². The summed E-state index contributed by atoms with van der Waals surface area (Å²) in [6.07, 6.45) is 1.42. The number of nitrogens with zero attached hydrogens (tertiary/aromatic N) is 3. The van der Waals surface area contributed by atoms with Gasteiger partial charge in [0.2, 0.25) is 0 Å². The fraction of sp³-hybridized carbons (Fsp3) is 0.182. The van der Waals surface area contributed by atoms with Crippen molar-refractivity contribution in [3.63, 3.8) is 0 Å². The number of hydrogen-bond donors (Lipinski definition) is 0. The van der Waals surface area contributed by atoms with E-state index in [1.165, 1.54) is 36.4 Å². The summed E-state index contributed by atoms with van der Waals surface area (Å²) >= 11 is 3.14. The Hall–Kier alpha value is -4.44. The molecule has 0 amide bonds. The number of carbonyl (C=O) groups excluding carboxylic acids is 1. The summed E-state index contributed by atoms with van der Waals surface area (Å²) in [5, 5.41) is 4.41. The van der Waals surface area contributed by atoms with Crippen LogP contribution in [0.5, 0.6) is 0 Å². The van der Waals surface area contributed by atoms with Gasteiger partial charge in [0, 0.05) is 59.1 Å². The van der Waals surface area contributed by atoms with Crippen molar-refractivity contribution >= 4 is 32.6 Å². The molecule has 0 aliphatic rings. The quantitative estimate of drug-likeness (QED) is 0.142. The zero-order chi connectivity index (χ0) is 31.6. The van der Waals surface area contributed by atoms with Crippen LogP contribution < -0.4 is 5.43 Å². The molecule has 0 spiro atoms. The van der Waals surface area contributed by atoms with E-state index in [2.05, 4.69) is 21.1 Å². The Bertz CT molecular complexity index is 1920. The monoisotopic (exact) mass is 651 g/mol. The van der Waals surface area contributed by atoms with E-state index in [9.17, 15) is 22.8 Å². The van der Waals surface area contributed by atoms with Crippen LogP contribution >= 0.6 is 15.9 Å². The van der Waals surface area contributed by atoms with E-state index < -0.39 is 17.5 Å². The lowest BCUT2D eigenvalue weighted by Crippen LogP contribution is -2.12. The van der Waals surface area contributed by atoms with Crippen molar-refractivity contribution in [3.8, 4) is 16.8 Å². The van der Waals surface area contributed by atoms with Crippen LogP contribution in [0.1, 0.15) is 34.4 Å². The summed E-state index contributed by atoms with van der Waals surface area (Å²) < 4.78 is 48.8. The van der Waals surface area contributed by atoms with Crippen molar-refractivity contribution < 1.29 is 22.5 Å².